The molecule has 1 N–H and O–H groups in total. The molecule has 1 saturated heterocycles. The molecule has 1 fully saturated rings. The monoisotopic (exact) mass is 401 g/mol. The number of rotatable bonds is 5. The lowest BCUT2D eigenvalue weighted by molar-refractivity contribution is 0.544. The van der Waals surface area contributed by atoms with Crippen molar-refractivity contribution in [3.63, 3.8) is 0 Å². The Morgan fingerprint density at radius 2 is 1.00 bits per heavy atom. The molecule has 0 radical (unpaired) electrons. The average Bonchev–Trinajstić information content (AvgIpc) is 3.27. The van der Waals surface area contributed by atoms with Crippen molar-refractivity contribution in [1.29, 1.82) is 0 Å². The maximum atomic E-state index is 4.22. The Hall–Kier alpha value is -3.42. The molecule has 0 amide bonds. The molecule has 0 aliphatic carbocycles. The normalized spacial score (nSPS) is 16.0. The van der Waals surface area contributed by atoms with Crippen molar-refractivity contribution in [2.24, 2.45) is 0 Å². The van der Waals surface area contributed by atoms with Gasteiger partial charge in [-0.05, 0) is 39.8 Å². The van der Waals surface area contributed by atoms with Gasteiger partial charge in [0.15, 0.2) is 0 Å². The first-order valence-corrected chi connectivity index (χ1v) is 11.0. The summed E-state index contributed by atoms with van der Waals surface area (Å²) >= 11 is 0. The van der Waals surface area contributed by atoms with Crippen LogP contribution in [0.1, 0.15) is 23.5 Å². The summed E-state index contributed by atoms with van der Waals surface area (Å²) in [6, 6.07) is 39.7. The largest absolute Gasteiger partial charge is 0.309 e. The Balaban J connectivity index is 1.48. The smallest absolute Gasteiger partial charge is 0.0246 e. The van der Waals surface area contributed by atoms with Gasteiger partial charge >= 0.3 is 0 Å². The van der Waals surface area contributed by atoms with Crippen LogP contribution in [0.5, 0.6) is 0 Å². The van der Waals surface area contributed by atoms with E-state index < -0.39 is 0 Å². The summed E-state index contributed by atoms with van der Waals surface area (Å²) in [4.78, 5) is 0. The second-order valence-corrected chi connectivity index (χ2v) is 8.40. The van der Waals surface area contributed by atoms with Crippen LogP contribution in [0, 0.1) is 0 Å². The summed E-state index contributed by atoms with van der Waals surface area (Å²) in [5, 5.41) is 3.70. The predicted octanol–water partition coefficient (Wildman–Crippen LogP) is 7.07. The Morgan fingerprint density at radius 3 is 1.39 bits per heavy atom. The van der Waals surface area contributed by atoms with Gasteiger partial charge in [0.1, 0.15) is 0 Å². The molecule has 31 heavy (non-hydrogen) atoms. The van der Waals surface area contributed by atoms with Gasteiger partial charge in [0.05, 0.1) is 0 Å². The molecule has 1 aliphatic rings. The van der Waals surface area contributed by atoms with Crippen LogP contribution in [-0.2, 0) is 0 Å². The summed E-state index contributed by atoms with van der Waals surface area (Å²) in [5.41, 5.74) is 9.00. The van der Waals surface area contributed by atoms with Gasteiger partial charge in [0.2, 0.25) is 0 Å². The van der Waals surface area contributed by atoms with Gasteiger partial charge in [-0.3, -0.25) is 0 Å². The minimum absolute atomic E-state index is 0.300. The number of hydrogen-bond donors (Lipinski definition) is 1. The molecule has 0 bridgehead atoms. The molecule has 1 atom stereocenters. The highest BCUT2D eigenvalue weighted by Gasteiger charge is 2.29. The minimum Gasteiger partial charge on any atom is -0.309 e. The minimum atomic E-state index is 0.300. The molecule has 0 spiro atoms. The standard InChI is InChI=1S/C30H27N/c1-22-20-29(31-21-22)30(27-16-12-25(13-17-27)23-8-4-2-5-9-23)28-18-14-26(15-19-28)24-10-6-3-7-11-24/h2-19,29-31H,1,20-21H2. The Kier molecular flexibility index (Phi) is 5.52. The second kappa shape index (κ2) is 8.75. The first-order chi connectivity index (χ1) is 15.3. The Bertz CT molecular complexity index is 1060. The van der Waals surface area contributed by atoms with Crippen LogP contribution in [0.25, 0.3) is 22.3 Å². The van der Waals surface area contributed by atoms with Crippen molar-refractivity contribution in [2.75, 3.05) is 6.54 Å². The van der Waals surface area contributed by atoms with E-state index >= 15 is 0 Å². The molecule has 1 nitrogen and oxygen atoms in total. The fourth-order valence-corrected chi connectivity index (χ4v) is 4.65. The molecular formula is C30H27N. The molecule has 1 aliphatic heterocycles. The highest BCUT2D eigenvalue weighted by atomic mass is 14.9. The Labute approximate surface area is 185 Å². The zero-order chi connectivity index (χ0) is 21.0. The molecular weight excluding hydrogens is 374 g/mol. The number of benzene rings is 4. The van der Waals surface area contributed by atoms with Crippen molar-refractivity contribution >= 4 is 0 Å². The van der Waals surface area contributed by atoms with Crippen LogP contribution < -0.4 is 5.32 Å². The van der Waals surface area contributed by atoms with E-state index in [4.69, 9.17) is 0 Å². The van der Waals surface area contributed by atoms with E-state index in [1.54, 1.807) is 0 Å². The van der Waals surface area contributed by atoms with E-state index in [2.05, 4.69) is 121 Å². The van der Waals surface area contributed by atoms with Crippen molar-refractivity contribution in [2.45, 2.75) is 18.4 Å². The van der Waals surface area contributed by atoms with Gasteiger partial charge in [-0.1, -0.05) is 121 Å². The van der Waals surface area contributed by atoms with Crippen LogP contribution in [0.4, 0.5) is 0 Å². The molecule has 152 valence electrons. The summed E-state index contributed by atoms with van der Waals surface area (Å²) in [7, 11) is 0. The van der Waals surface area contributed by atoms with Crippen LogP contribution in [0.3, 0.4) is 0 Å². The third-order valence-corrected chi connectivity index (χ3v) is 6.28. The van der Waals surface area contributed by atoms with Crippen LogP contribution in [0.2, 0.25) is 0 Å². The van der Waals surface area contributed by atoms with Gasteiger partial charge in [-0.2, -0.15) is 0 Å². The van der Waals surface area contributed by atoms with Crippen molar-refractivity contribution in [3.8, 4) is 22.3 Å². The van der Waals surface area contributed by atoms with E-state index in [0.29, 0.717) is 12.0 Å². The highest BCUT2D eigenvalue weighted by molar-refractivity contribution is 5.65. The third-order valence-electron chi connectivity index (χ3n) is 6.28. The zero-order valence-electron chi connectivity index (χ0n) is 17.7. The molecule has 1 unspecified atom stereocenters. The van der Waals surface area contributed by atoms with E-state index in [-0.39, 0.29) is 0 Å². The van der Waals surface area contributed by atoms with Gasteiger partial charge in [-0.15, -0.1) is 0 Å². The lowest BCUT2D eigenvalue weighted by Gasteiger charge is -2.25. The van der Waals surface area contributed by atoms with Crippen molar-refractivity contribution in [1.82, 2.24) is 5.32 Å². The average molecular weight is 402 g/mol. The van der Waals surface area contributed by atoms with Crippen molar-refractivity contribution < 1.29 is 0 Å². The van der Waals surface area contributed by atoms with E-state index in [1.807, 2.05) is 0 Å². The number of nitrogens with one attached hydrogen (secondary N) is 1. The van der Waals surface area contributed by atoms with Crippen LogP contribution in [0.15, 0.2) is 121 Å². The number of hydrogen-bond acceptors (Lipinski definition) is 1. The Morgan fingerprint density at radius 1 is 0.581 bits per heavy atom. The zero-order valence-corrected chi connectivity index (χ0v) is 17.7. The highest BCUT2D eigenvalue weighted by Crippen LogP contribution is 2.35. The third kappa shape index (κ3) is 4.23. The molecule has 0 aromatic heterocycles. The van der Waals surface area contributed by atoms with Gasteiger partial charge in [-0.25, -0.2) is 0 Å². The second-order valence-electron chi connectivity index (χ2n) is 8.40. The van der Waals surface area contributed by atoms with Crippen LogP contribution in [-0.4, -0.2) is 12.6 Å². The topological polar surface area (TPSA) is 12.0 Å². The summed E-state index contributed by atoms with van der Waals surface area (Å²) in [6.45, 7) is 5.13. The lowest BCUT2D eigenvalue weighted by Crippen LogP contribution is -2.29. The lowest BCUT2D eigenvalue weighted by atomic mass is 9.83. The van der Waals surface area contributed by atoms with E-state index in [0.717, 1.165) is 13.0 Å². The molecule has 4 aromatic carbocycles. The van der Waals surface area contributed by atoms with Crippen molar-refractivity contribution in [3.05, 3.63) is 132 Å². The SMILES string of the molecule is C=C1CNC(C(c2ccc(-c3ccccc3)cc2)c2ccc(-c3ccccc3)cc2)C1. The first kappa shape index (κ1) is 19.5. The molecule has 4 aromatic rings. The maximum Gasteiger partial charge on any atom is 0.0246 e. The summed E-state index contributed by atoms with van der Waals surface area (Å²) in [6.07, 6.45) is 1.02. The van der Waals surface area contributed by atoms with E-state index in [9.17, 15) is 0 Å². The maximum absolute atomic E-state index is 4.22. The summed E-state index contributed by atoms with van der Waals surface area (Å²) < 4.78 is 0. The molecule has 5 rings (SSSR count). The van der Waals surface area contributed by atoms with Gasteiger partial charge in [0.25, 0.3) is 0 Å². The molecule has 0 saturated carbocycles. The first-order valence-electron chi connectivity index (χ1n) is 11.0. The fraction of sp³-hybridized carbons (Fsp3) is 0.133. The van der Waals surface area contributed by atoms with Crippen LogP contribution >= 0.6 is 0 Å². The molecule has 1 heteroatoms. The van der Waals surface area contributed by atoms with Gasteiger partial charge in [0, 0.05) is 18.5 Å². The quantitative estimate of drug-likeness (QED) is 0.353. The molecule has 1 heterocycles. The summed E-state index contributed by atoms with van der Waals surface area (Å²) in [5.74, 6) is 0.300. The van der Waals surface area contributed by atoms with Gasteiger partial charge < -0.3 is 5.32 Å². The van der Waals surface area contributed by atoms with E-state index in [1.165, 1.54) is 39.0 Å². The predicted molar refractivity (Wildman–Crippen MR) is 131 cm³/mol. The fourth-order valence-electron chi connectivity index (χ4n) is 4.65.